The highest BCUT2D eigenvalue weighted by Gasteiger charge is 2.27. The van der Waals surface area contributed by atoms with E-state index in [4.69, 9.17) is 11.6 Å². The minimum Gasteiger partial charge on any atom is -0.392 e. The Morgan fingerprint density at radius 2 is 1.91 bits per heavy atom. The van der Waals surface area contributed by atoms with Crippen LogP contribution in [0.3, 0.4) is 0 Å². The molecule has 0 aliphatic carbocycles. The summed E-state index contributed by atoms with van der Waals surface area (Å²) >= 11 is 6.46. The molecule has 0 spiro atoms. The van der Waals surface area contributed by atoms with E-state index in [0.717, 1.165) is 24.0 Å². The van der Waals surface area contributed by atoms with E-state index in [1.807, 2.05) is 40.8 Å². The Balaban J connectivity index is 1.80. The monoisotopic (exact) mass is 335 g/mol. The van der Waals surface area contributed by atoms with Crippen molar-refractivity contribution in [3.63, 3.8) is 0 Å². The molecule has 2 aromatic rings. The lowest BCUT2D eigenvalue weighted by Gasteiger charge is -2.35. The number of aromatic nitrogens is 1. The lowest BCUT2D eigenvalue weighted by atomic mass is 10.2. The molecule has 124 valence electrons. The van der Waals surface area contributed by atoms with E-state index < -0.39 is 0 Å². The first kappa shape index (κ1) is 16.3. The van der Waals surface area contributed by atoms with Crippen LogP contribution in [0.2, 0.25) is 5.02 Å². The summed E-state index contributed by atoms with van der Waals surface area (Å²) in [6, 6.07) is 7.78. The molecule has 1 N–H and O–H groups in total. The van der Waals surface area contributed by atoms with E-state index in [9.17, 15) is 9.90 Å². The van der Waals surface area contributed by atoms with Gasteiger partial charge in [0.15, 0.2) is 0 Å². The second-order valence-electron chi connectivity index (χ2n) is 6.18. The molecule has 2 heterocycles. The van der Waals surface area contributed by atoms with Gasteiger partial charge in [-0.05, 0) is 13.0 Å². The van der Waals surface area contributed by atoms with E-state index in [1.54, 1.807) is 6.92 Å². The first-order valence-corrected chi connectivity index (χ1v) is 8.29. The fourth-order valence-corrected chi connectivity index (χ4v) is 3.61. The molecule has 6 heteroatoms. The molecule has 1 aromatic heterocycles. The first-order chi connectivity index (χ1) is 11.0. The van der Waals surface area contributed by atoms with E-state index >= 15 is 0 Å². The first-order valence-electron chi connectivity index (χ1n) is 7.91. The molecule has 0 radical (unpaired) electrons. The maximum absolute atomic E-state index is 12.9. The number of β-amino-alcohol motifs (C(OH)–C–C–N with tert-alkyl or cyclic N) is 1. The van der Waals surface area contributed by atoms with Gasteiger partial charge in [0.05, 0.1) is 11.1 Å². The summed E-state index contributed by atoms with van der Waals surface area (Å²) < 4.78 is 1.88. The highest BCUT2D eigenvalue weighted by Crippen LogP contribution is 2.30. The van der Waals surface area contributed by atoms with Crippen LogP contribution in [0.5, 0.6) is 0 Å². The van der Waals surface area contributed by atoms with Gasteiger partial charge in [0.1, 0.15) is 5.69 Å². The number of halogens is 1. The number of para-hydroxylation sites is 1. The molecule has 1 atom stereocenters. The van der Waals surface area contributed by atoms with Crippen LogP contribution in [0.15, 0.2) is 24.3 Å². The number of benzene rings is 1. The number of piperazine rings is 1. The summed E-state index contributed by atoms with van der Waals surface area (Å²) in [4.78, 5) is 16.9. The number of fused-ring (bicyclic) bond motifs is 1. The van der Waals surface area contributed by atoms with Crippen LogP contribution in [-0.2, 0) is 7.05 Å². The smallest absolute Gasteiger partial charge is 0.272 e. The molecule has 3 rings (SSSR count). The van der Waals surface area contributed by atoms with Crippen molar-refractivity contribution in [1.29, 1.82) is 0 Å². The number of aliphatic hydroxyl groups is 1. The predicted octanol–water partition coefficient (Wildman–Crippen LogP) is 1.97. The molecule has 1 aliphatic rings. The maximum atomic E-state index is 12.9. The minimum atomic E-state index is -0.343. The van der Waals surface area contributed by atoms with Crippen molar-refractivity contribution in [2.45, 2.75) is 13.0 Å². The summed E-state index contributed by atoms with van der Waals surface area (Å²) in [7, 11) is 1.88. The van der Waals surface area contributed by atoms with Gasteiger partial charge in [-0.25, -0.2) is 0 Å². The van der Waals surface area contributed by atoms with Gasteiger partial charge >= 0.3 is 0 Å². The molecule has 0 saturated carbocycles. The van der Waals surface area contributed by atoms with Gasteiger partial charge in [-0.2, -0.15) is 0 Å². The maximum Gasteiger partial charge on any atom is 0.272 e. The number of hydrogen-bond donors (Lipinski definition) is 1. The van der Waals surface area contributed by atoms with Crippen molar-refractivity contribution in [2.75, 3.05) is 32.7 Å². The Kier molecular flexibility index (Phi) is 4.62. The Bertz CT molecular complexity index is 679. The number of hydrogen-bond acceptors (Lipinski definition) is 3. The zero-order valence-corrected chi connectivity index (χ0v) is 14.3. The average Bonchev–Trinajstić information content (AvgIpc) is 2.79. The molecule has 1 unspecified atom stereocenters. The molecule has 0 bridgehead atoms. The molecule has 1 amide bonds. The molecular weight excluding hydrogens is 314 g/mol. The largest absolute Gasteiger partial charge is 0.392 e. The summed E-state index contributed by atoms with van der Waals surface area (Å²) in [5.41, 5.74) is 1.52. The van der Waals surface area contributed by atoms with Gasteiger partial charge in [0, 0.05) is 50.7 Å². The summed E-state index contributed by atoms with van der Waals surface area (Å²) in [6.07, 6.45) is -0.343. The lowest BCUT2D eigenvalue weighted by molar-refractivity contribution is 0.0547. The van der Waals surface area contributed by atoms with Crippen LogP contribution in [0.25, 0.3) is 10.9 Å². The van der Waals surface area contributed by atoms with Crippen LogP contribution >= 0.6 is 11.6 Å². The number of aryl methyl sites for hydroxylation is 1. The van der Waals surface area contributed by atoms with Gasteiger partial charge in [-0.1, -0.05) is 29.8 Å². The lowest BCUT2D eigenvalue weighted by Crippen LogP contribution is -2.50. The molecule has 1 fully saturated rings. The van der Waals surface area contributed by atoms with Gasteiger partial charge < -0.3 is 14.6 Å². The van der Waals surface area contributed by atoms with Crippen LogP contribution < -0.4 is 0 Å². The number of aliphatic hydroxyl groups excluding tert-OH is 1. The highest BCUT2D eigenvalue weighted by molar-refractivity contribution is 6.38. The van der Waals surface area contributed by atoms with Crippen molar-refractivity contribution in [2.24, 2.45) is 7.05 Å². The van der Waals surface area contributed by atoms with Crippen LogP contribution in [0.1, 0.15) is 17.4 Å². The Labute approximate surface area is 141 Å². The fraction of sp³-hybridized carbons (Fsp3) is 0.471. The summed E-state index contributed by atoms with van der Waals surface area (Å²) in [5.74, 6) is -0.0228. The molecule has 23 heavy (non-hydrogen) atoms. The van der Waals surface area contributed by atoms with Crippen LogP contribution in [-0.4, -0.2) is 64.2 Å². The van der Waals surface area contributed by atoms with Crippen molar-refractivity contribution < 1.29 is 9.90 Å². The summed E-state index contributed by atoms with van der Waals surface area (Å²) in [5, 5.41) is 10.9. The topological polar surface area (TPSA) is 48.7 Å². The Hall–Kier alpha value is -1.56. The van der Waals surface area contributed by atoms with E-state index in [2.05, 4.69) is 4.90 Å². The fourth-order valence-electron chi connectivity index (χ4n) is 3.24. The average molecular weight is 336 g/mol. The minimum absolute atomic E-state index is 0.0228. The third kappa shape index (κ3) is 3.09. The molecule has 1 aliphatic heterocycles. The van der Waals surface area contributed by atoms with E-state index in [1.165, 1.54) is 0 Å². The zero-order valence-electron chi connectivity index (χ0n) is 13.5. The Morgan fingerprint density at radius 1 is 1.26 bits per heavy atom. The third-order valence-electron chi connectivity index (χ3n) is 4.43. The molecule has 1 saturated heterocycles. The second kappa shape index (κ2) is 6.51. The number of nitrogens with zero attached hydrogens (tertiary/aromatic N) is 3. The predicted molar refractivity (Wildman–Crippen MR) is 92.0 cm³/mol. The number of amides is 1. The van der Waals surface area contributed by atoms with Crippen LogP contribution in [0.4, 0.5) is 0 Å². The number of carbonyl (C=O) groups is 1. The molecule has 5 nitrogen and oxygen atoms in total. The third-order valence-corrected chi connectivity index (χ3v) is 4.81. The molecular formula is C17H22ClN3O2. The Morgan fingerprint density at radius 3 is 2.52 bits per heavy atom. The standard InChI is InChI=1S/C17H22ClN3O2/c1-12(22)11-20-7-9-21(10-8-20)17(23)16-15(18)13-5-3-4-6-14(13)19(16)2/h3-6,12,22H,7-11H2,1-2H3. The number of rotatable bonds is 3. The van der Waals surface area contributed by atoms with Gasteiger partial charge in [0.2, 0.25) is 0 Å². The van der Waals surface area contributed by atoms with Crippen molar-refractivity contribution in [3.05, 3.63) is 35.0 Å². The van der Waals surface area contributed by atoms with E-state index in [0.29, 0.717) is 30.4 Å². The quantitative estimate of drug-likeness (QED) is 0.933. The van der Waals surface area contributed by atoms with Gasteiger partial charge in [-0.15, -0.1) is 0 Å². The van der Waals surface area contributed by atoms with Crippen molar-refractivity contribution in [1.82, 2.24) is 14.4 Å². The highest BCUT2D eigenvalue weighted by atomic mass is 35.5. The SMILES string of the molecule is CC(O)CN1CCN(C(=O)c2c(Cl)c3ccccc3n2C)CC1. The van der Waals surface area contributed by atoms with Crippen molar-refractivity contribution in [3.8, 4) is 0 Å². The number of carbonyl (C=O) groups excluding carboxylic acids is 1. The normalized spacial score (nSPS) is 17.7. The van der Waals surface area contributed by atoms with Crippen molar-refractivity contribution >= 4 is 28.4 Å². The zero-order chi connectivity index (χ0) is 16.6. The molecule has 1 aromatic carbocycles. The van der Waals surface area contributed by atoms with Gasteiger partial charge in [-0.3, -0.25) is 9.69 Å². The van der Waals surface area contributed by atoms with Gasteiger partial charge in [0.25, 0.3) is 5.91 Å². The van der Waals surface area contributed by atoms with Crippen LogP contribution in [0, 0.1) is 0 Å². The van der Waals surface area contributed by atoms with E-state index in [-0.39, 0.29) is 12.0 Å². The second-order valence-corrected chi connectivity index (χ2v) is 6.56. The summed E-state index contributed by atoms with van der Waals surface area (Å²) in [6.45, 7) is 5.30.